The van der Waals surface area contributed by atoms with E-state index in [1.54, 1.807) is 18.2 Å². The molecule has 23 heavy (non-hydrogen) atoms. The second kappa shape index (κ2) is 5.76. The standard InChI is InChI=1S/C15H22N4O3S/c1-10-7-16-13(4)19(10)9-14-5-6-18(8-14)23(20,21)15-11(2)17-22-12(15)3/h7,14H,5-6,8-9H2,1-4H3. The van der Waals surface area contributed by atoms with Gasteiger partial charge in [-0.3, -0.25) is 0 Å². The molecular weight excluding hydrogens is 316 g/mol. The summed E-state index contributed by atoms with van der Waals surface area (Å²) in [5.41, 5.74) is 1.53. The molecule has 1 aliphatic rings. The number of imidazole rings is 1. The lowest BCUT2D eigenvalue weighted by molar-refractivity contribution is 0.389. The monoisotopic (exact) mass is 338 g/mol. The Morgan fingerprint density at radius 2 is 2.04 bits per heavy atom. The zero-order valence-electron chi connectivity index (χ0n) is 13.9. The third-order valence-corrected chi connectivity index (χ3v) is 6.62. The molecule has 2 aromatic rings. The van der Waals surface area contributed by atoms with Gasteiger partial charge in [-0.25, -0.2) is 13.4 Å². The molecule has 3 heterocycles. The van der Waals surface area contributed by atoms with Gasteiger partial charge in [-0.2, -0.15) is 4.31 Å². The Labute approximate surface area is 136 Å². The molecule has 0 N–H and O–H groups in total. The molecule has 126 valence electrons. The molecule has 0 saturated carbocycles. The van der Waals surface area contributed by atoms with E-state index >= 15 is 0 Å². The maximum atomic E-state index is 12.8. The van der Waals surface area contributed by atoms with Crippen molar-refractivity contribution in [2.24, 2.45) is 5.92 Å². The highest BCUT2D eigenvalue weighted by Crippen LogP contribution is 2.29. The molecule has 0 aliphatic carbocycles. The van der Waals surface area contributed by atoms with Crippen molar-refractivity contribution in [3.63, 3.8) is 0 Å². The molecule has 1 fully saturated rings. The average molecular weight is 338 g/mol. The van der Waals surface area contributed by atoms with Crippen LogP contribution in [0.2, 0.25) is 0 Å². The lowest BCUT2D eigenvalue weighted by Gasteiger charge is -2.17. The van der Waals surface area contributed by atoms with Gasteiger partial charge in [0.05, 0.1) is 0 Å². The van der Waals surface area contributed by atoms with Crippen LogP contribution in [-0.4, -0.2) is 40.5 Å². The maximum Gasteiger partial charge on any atom is 0.248 e. The first-order chi connectivity index (χ1) is 10.8. The molecule has 1 atom stereocenters. The van der Waals surface area contributed by atoms with Crippen LogP contribution >= 0.6 is 0 Å². The van der Waals surface area contributed by atoms with Crippen molar-refractivity contribution in [1.29, 1.82) is 0 Å². The Kier molecular flexibility index (Phi) is 4.05. The molecule has 1 unspecified atom stereocenters. The van der Waals surface area contributed by atoms with Gasteiger partial charge < -0.3 is 9.09 Å². The van der Waals surface area contributed by atoms with E-state index in [0.717, 1.165) is 24.5 Å². The van der Waals surface area contributed by atoms with Gasteiger partial charge in [0, 0.05) is 31.5 Å². The third kappa shape index (κ3) is 2.81. The van der Waals surface area contributed by atoms with Crippen LogP contribution in [-0.2, 0) is 16.6 Å². The minimum absolute atomic E-state index is 0.216. The fourth-order valence-electron chi connectivity index (χ4n) is 3.25. The fraction of sp³-hybridized carbons (Fsp3) is 0.600. The predicted octanol–water partition coefficient (Wildman–Crippen LogP) is 1.82. The Bertz CT molecular complexity index is 783. The third-order valence-electron chi connectivity index (χ3n) is 4.51. The molecular formula is C15H22N4O3S. The second-order valence-electron chi connectivity index (χ2n) is 6.23. The van der Waals surface area contributed by atoms with Crippen LogP contribution in [0.25, 0.3) is 0 Å². The highest BCUT2D eigenvalue weighted by atomic mass is 32.2. The van der Waals surface area contributed by atoms with Gasteiger partial charge in [0.25, 0.3) is 0 Å². The quantitative estimate of drug-likeness (QED) is 0.849. The van der Waals surface area contributed by atoms with Gasteiger partial charge in [0.2, 0.25) is 10.0 Å². The van der Waals surface area contributed by atoms with Gasteiger partial charge in [-0.15, -0.1) is 0 Å². The van der Waals surface area contributed by atoms with Crippen molar-refractivity contribution < 1.29 is 12.9 Å². The van der Waals surface area contributed by atoms with Crippen LogP contribution in [0.5, 0.6) is 0 Å². The molecule has 8 heteroatoms. The number of nitrogens with zero attached hydrogens (tertiary/aromatic N) is 4. The first-order valence-corrected chi connectivity index (χ1v) is 9.16. The number of aromatic nitrogens is 3. The summed E-state index contributed by atoms with van der Waals surface area (Å²) in [7, 11) is -3.54. The van der Waals surface area contributed by atoms with Crippen LogP contribution < -0.4 is 0 Å². The van der Waals surface area contributed by atoms with Crippen molar-refractivity contribution in [2.45, 2.75) is 45.6 Å². The Hall–Kier alpha value is -1.67. The van der Waals surface area contributed by atoms with Crippen molar-refractivity contribution in [3.05, 3.63) is 29.2 Å². The van der Waals surface area contributed by atoms with Crippen LogP contribution in [0, 0.1) is 33.6 Å². The lowest BCUT2D eigenvalue weighted by Crippen LogP contribution is -2.30. The van der Waals surface area contributed by atoms with E-state index in [0.29, 0.717) is 24.5 Å². The van der Waals surface area contributed by atoms with E-state index in [1.807, 2.05) is 20.0 Å². The van der Waals surface area contributed by atoms with E-state index < -0.39 is 10.0 Å². The first-order valence-electron chi connectivity index (χ1n) is 7.72. The van der Waals surface area contributed by atoms with Gasteiger partial charge in [0.1, 0.15) is 16.4 Å². The Morgan fingerprint density at radius 1 is 1.30 bits per heavy atom. The molecule has 1 saturated heterocycles. The number of aryl methyl sites for hydroxylation is 4. The molecule has 0 amide bonds. The molecule has 0 spiro atoms. The normalized spacial score (nSPS) is 19.6. The zero-order valence-corrected chi connectivity index (χ0v) is 14.7. The predicted molar refractivity (Wildman–Crippen MR) is 84.5 cm³/mol. The van der Waals surface area contributed by atoms with Gasteiger partial charge >= 0.3 is 0 Å². The maximum absolute atomic E-state index is 12.8. The van der Waals surface area contributed by atoms with E-state index in [9.17, 15) is 8.42 Å². The summed E-state index contributed by atoms with van der Waals surface area (Å²) in [5.74, 6) is 1.61. The summed E-state index contributed by atoms with van der Waals surface area (Å²) in [6.07, 6.45) is 2.70. The van der Waals surface area contributed by atoms with Crippen LogP contribution in [0.3, 0.4) is 0 Å². The minimum Gasteiger partial charge on any atom is -0.360 e. The average Bonchev–Trinajstić information content (AvgIpc) is 3.16. The van der Waals surface area contributed by atoms with Gasteiger partial charge in [-0.05, 0) is 40.0 Å². The molecule has 7 nitrogen and oxygen atoms in total. The van der Waals surface area contributed by atoms with Crippen LogP contribution in [0.1, 0.15) is 29.4 Å². The minimum atomic E-state index is -3.54. The van der Waals surface area contributed by atoms with E-state index in [1.165, 1.54) is 0 Å². The zero-order chi connectivity index (χ0) is 16.8. The van der Waals surface area contributed by atoms with Crippen molar-refractivity contribution in [1.82, 2.24) is 19.0 Å². The van der Waals surface area contributed by atoms with Crippen LogP contribution in [0.15, 0.2) is 15.6 Å². The molecule has 0 aromatic carbocycles. The largest absolute Gasteiger partial charge is 0.360 e. The van der Waals surface area contributed by atoms with Crippen molar-refractivity contribution in [3.8, 4) is 0 Å². The van der Waals surface area contributed by atoms with Crippen molar-refractivity contribution in [2.75, 3.05) is 13.1 Å². The summed E-state index contributed by atoms with van der Waals surface area (Å²) in [6, 6.07) is 0. The summed E-state index contributed by atoms with van der Waals surface area (Å²) < 4.78 is 34.4. The molecule has 3 rings (SSSR count). The second-order valence-corrected chi connectivity index (χ2v) is 8.10. The highest BCUT2D eigenvalue weighted by Gasteiger charge is 2.36. The lowest BCUT2D eigenvalue weighted by atomic mass is 10.1. The summed E-state index contributed by atoms with van der Waals surface area (Å²) >= 11 is 0. The first kappa shape index (κ1) is 16.2. The fourth-order valence-corrected chi connectivity index (χ4v) is 5.07. The van der Waals surface area contributed by atoms with Gasteiger partial charge in [-0.1, -0.05) is 5.16 Å². The number of hydrogen-bond donors (Lipinski definition) is 0. The molecule has 2 aromatic heterocycles. The van der Waals surface area contributed by atoms with Gasteiger partial charge in [0.15, 0.2) is 5.76 Å². The molecule has 0 bridgehead atoms. The van der Waals surface area contributed by atoms with E-state index in [-0.39, 0.29) is 10.8 Å². The summed E-state index contributed by atoms with van der Waals surface area (Å²) in [4.78, 5) is 4.52. The van der Waals surface area contributed by atoms with Crippen molar-refractivity contribution >= 4 is 10.0 Å². The van der Waals surface area contributed by atoms with E-state index in [2.05, 4.69) is 14.7 Å². The SMILES string of the molecule is Cc1noc(C)c1S(=O)(=O)N1CCC(Cn2c(C)cnc2C)C1. The number of hydrogen-bond acceptors (Lipinski definition) is 5. The smallest absolute Gasteiger partial charge is 0.248 e. The van der Waals surface area contributed by atoms with E-state index in [4.69, 9.17) is 4.52 Å². The molecule has 1 aliphatic heterocycles. The Morgan fingerprint density at radius 3 is 2.61 bits per heavy atom. The number of rotatable bonds is 4. The topological polar surface area (TPSA) is 81.2 Å². The van der Waals surface area contributed by atoms with Crippen LogP contribution in [0.4, 0.5) is 0 Å². The summed E-state index contributed by atoms with van der Waals surface area (Å²) in [5, 5.41) is 3.76. The number of sulfonamides is 1. The summed E-state index contributed by atoms with van der Waals surface area (Å²) in [6.45, 7) is 9.14. The highest BCUT2D eigenvalue weighted by molar-refractivity contribution is 7.89. The molecule has 0 radical (unpaired) electrons. The Balaban J connectivity index is 1.77.